The number of aliphatic imine (C=N–C) groups is 1. The number of hydrogen-bond acceptors (Lipinski definition) is 2. The molecule has 1 aromatic carbocycles. The molecule has 2 rings (SSSR count). The molecule has 0 radical (unpaired) electrons. The second-order valence-corrected chi connectivity index (χ2v) is 6.19. The SMILES string of the molecule is CCNC(=NCc1cccc(Cl)c1)NCC1CCN(CC)C1. The van der Waals surface area contributed by atoms with Crippen molar-refractivity contribution >= 4 is 17.6 Å². The molecule has 0 aromatic heterocycles. The van der Waals surface area contributed by atoms with Crippen LogP contribution in [0.1, 0.15) is 25.8 Å². The Kier molecular flexibility index (Phi) is 7.00. The predicted molar refractivity (Wildman–Crippen MR) is 94.5 cm³/mol. The molecule has 1 atom stereocenters. The van der Waals surface area contributed by atoms with Gasteiger partial charge in [-0.3, -0.25) is 0 Å². The Morgan fingerprint density at radius 1 is 1.36 bits per heavy atom. The van der Waals surface area contributed by atoms with Crippen LogP contribution in [0.25, 0.3) is 0 Å². The number of rotatable bonds is 6. The van der Waals surface area contributed by atoms with Gasteiger partial charge in [-0.15, -0.1) is 0 Å². The smallest absolute Gasteiger partial charge is 0.191 e. The molecule has 1 fully saturated rings. The minimum atomic E-state index is 0.641. The number of likely N-dealkylation sites (tertiary alicyclic amines) is 1. The number of hydrogen-bond donors (Lipinski definition) is 2. The summed E-state index contributed by atoms with van der Waals surface area (Å²) in [6, 6.07) is 7.86. The van der Waals surface area contributed by atoms with Crippen LogP contribution in [0.4, 0.5) is 0 Å². The van der Waals surface area contributed by atoms with Gasteiger partial charge in [-0.1, -0.05) is 30.7 Å². The van der Waals surface area contributed by atoms with E-state index in [2.05, 4.69) is 40.4 Å². The third kappa shape index (κ3) is 5.50. The zero-order valence-corrected chi connectivity index (χ0v) is 14.4. The van der Waals surface area contributed by atoms with Crippen molar-refractivity contribution < 1.29 is 0 Å². The van der Waals surface area contributed by atoms with Gasteiger partial charge in [0.15, 0.2) is 5.96 Å². The van der Waals surface area contributed by atoms with E-state index in [4.69, 9.17) is 11.6 Å². The van der Waals surface area contributed by atoms with Gasteiger partial charge in [-0.25, -0.2) is 4.99 Å². The van der Waals surface area contributed by atoms with Gasteiger partial charge in [-0.05, 0) is 50.0 Å². The van der Waals surface area contributed by atoms with Crippen LogP contribution in [-0.4, -0.2) is 43.6 Å². The molecule has 5 heteroatoms. The van der Waals surface area contributed by atoms with Crippen LogP contribution < -0.4 is 10.6 Å². The highest BCUT2D eigenvalue weighted by molar-refractivity contribution is 6.30. The maximum atomic E-state index is 6.01. The van der Waals surface area contributed by atoms with E-state index in [1.807, 2.05) is 18.2 Å². The van der Waals surface area contributed by atoms with Crippen molar-refractivity contribution in [1.29, 1.82) is 0 Å². The Balaban J connectivity index is 1.85. The van der Waals surface area contributed by atoms with E-state index in [0.717, 1.165) is 42.1 Å². The molecule has 0 saturated carbocycles. The summed E-state index contributed by atoms with van der Waals surface area (Å²) < 4.78 is 0. The van der Waals surface area contributed by atoms with Crippen LogP contribution >= 0.6 is 11.6 Å². The fourth-order valence-corrected chi connectivity index (χ4v) is 2.97. The molecule has 1 heterocycles. The summed E-state index contributed by atoms with van der Waals surface area (Å²) in [5, 5.41) is 7.54. The lowest BCUT2D eigenvalue weighted by Gasteiger charge is -2.16. The van der Waals surface area contributed by atoms with Gasteiger partial charge in [-0.2, -0.15) is 0 Å². The third-order valence-electron chi connectivity index (χ3n) is 4.03. The second kappa shape index (κ2) is 9.01. The highest BCUT2D eigenvalue weighted by Crippen LogP contribution is 2.14. The Labute approximate surface area is 138 Å². The first-order valence-electron chi connectivity index (χ1n) is 8.20. The fourth-order valence-electron chi connectivity index (χ4n) is 2.76. The third-order valence-corrected chi connectivity index (χ3v) is 4.26. The van der Waals surface area contributed by atoms with Crippen LogP contribution in [0.15, 0.2) is 29.3 Å². The van der Waals surface area contributed by atoms with E-state index in [-0.39, 0.29) is 0 Å². The van der Waals surface area contributed by atoms with Gasteiger partial charge in [0.25, 0.3) is 0 Å². The summed E-state index contributed by atoms with van der Waals surface area (Å²) >= 11 is 6.01. The molecule has 1 saturated heterocycles. The maximum Gasteiger partial charge on any atom is 0.191 e. The number of guanidine groups is 1. The fraction of sp³-hybridized carbons (Fsp3) is 0.588. The largest absolute Gasteiger partial charge is 0.357 e. The first-order valence-corrected chi connectivity index (χ1v) is 8.58. The molecular weight excluding hydrogens is 296 g/mol. The van der Waals surface area contributed by atoms with Crippen LogP contribution in [-0.2, 0) is 6.54 Å². The first kappa shape index (κ1) is 17.1. The van der Waals surface area contributed by atoms with Gasteiger partial charge >= 0.3 is 0 Å². The Morgan fingerprint density at radius 3 is 2.91 bits per heavy atom. The van der Waals surface area contributed by atoms with E-state index in [0.29, 0.717) is 6.54 Å². The van der Waals surface area contributed by atoms with Crippen LogP contribution in [0.3, 0.4) is 0 Å². The second-order valence-electron chi connectivity index (χ2n) is 5.75. The van der Waals surface area contributed by atoms with E-state index in [1.165, 1.54) is 19.5 Å². The maximum absolute atomic E-state index is 6.01. The molecule has 1 unspecified atom stereocenters. The van der Waals surface area contributed by atoms with Gasteiger partial charge in [0.05, 0.1) is 6.54 Å². The van der Waals surface area contributed by atoms with E-state index >= 15 is 0 Å². The van der Waals surface area contributed by atoms with Gasteiger partial charge in [0.1, 0.15) is 0 Å². The molecule has 4 nitrogen and oxygen atoms in total. The Bertz CT molecular complexity index is 489. The van der Waals surface area contributed by atoms with Crippen molar-refractivity contribution in [3.8, 4) is 0 Å². The van der Waals surface area contributed by atoms with E-state index in [9.17, 15) is 0 Å². The highest BCUT2D eigenvalue weighted by atomic mass is 35.5. The van der Waals surface area contributed by atoms with Crippen molar-refractivity contribution in [2.24, 2.45) is 10.9 Å². The summed E-state index contributed by atoms with van der Waals surface area (Å²) in [6.45, 7) is 10.4. The molecule has 1 aromatic rings. The van der Waals surface area contributed by atoms with Crippen molar-refractivity contribution in [3.63, 3.8) is 0 Å². The predicted octanol–water partition coefficient (Wildman–Crippen LogP) is 2.74. The lowest BCUT2D eigenvalue weighted by Crippen LogP contribution is -2.40. The van der Waals surface area contributed by atoms with Crippen molar-refractivity contribution in [2.75, 3.05) is 32.7 Å². The molecule has 0 spiro atoms. The van der Waals surface area contributed by atoms with Crippen LogP contribution in [0.5, 0.6) is 0 Å². The number of nitrogens with one attached hydrogen (secondary N) is 2. The standard InChI is InChI=1S/C17H27ClN4/c1-3-19-17(20-11-14-6-5-7-16(18)10-14)21-12-15-8-9-22(4-2)13-15/h5-7,10,15H,3-4,8-9,11-13H2,1-2H3,(H2,19,20,21). The van der Waals surface area contributed by atoms with Gasteiger partial charge < -0.3 is 15.5 Å². The van der Waals surface area contributed by atoms with E-state index in [1.54, 1.807) is 0 Å². The topological polar surface area (TPSA) is 39.7 Å². The van der Waals surface area contributed by atoms with Crippen LogP contribution in [0, 0.1) is 5.92 Å². The average Bonchev–Trinajstić information content (AvgIpc) is 2.98. The summed E-state index contributed by atoms with van der Waals surface area (Å²) in [5.41, 5.74) is 1.13. The normalized spacial score (nSPS) is 19.4. The lowest BCUT2D eigenvalue weighted by molar-refractivity contribution is 0.342. The summed E-state index contributed by atoms with van der Waals surface area (Å²) in [5.74, 6) is 1.60. The zero-order chi connectivity index (χ0) is 15.8. The highest BCUT2D eigenvalue weighted by Gasteiger charge is 2.20. The number of nitrogens with zero attached hydrogens (tertiary/aromatic N) is 2. The minimum absolute atomic E-state index is 0.641. The summed E-state index contributed by atoms with van der Waals surface area (Å²) in [4.78, 5) is 7.15. The minimum Gasteiger partial charge on any atom is -0.357 e. The molecule has 122 valence electrons. The summed E-state index contributed by atoms with van der Waals surface area (Å²) in [7, 11) is 0. The first-order chi connectivity index (χ1) is 10.7. The molecule has 22 heavy (non-hydrogen) atoms. The monoisotopic (exact) mass is 322 g/mol. The molecule has 2 N–H and O–H groups in total. The van der Waals surface area contributed by atoms with Gasteiger partial charge in [0, 0.05) is 24.7 Å². The molecule has 1 aliphatic rings. The molecule has 0 amide bonds. The Hall–Kier alpha value is -1.26. The molecule has 0 aliphatic carbocycles. The van der Waals surface area contributed by atoms with Gasteiger partial charge in [0.2, 0.25) is 0 Å². The summed E-state index contributed by atoms with van der Waals surface area (Å²) in [6.07, 6.45) is 1.27. The van der Waals surface area contributed by atoms with E-state index < -0.39 is 0 Å². The molecular formula is C17H27ClN4. The van der Waals surface area contributed by atoms with Crippen molar-refractivity contribution in [3.05, 3.63) is 34.9 Å². The number of benzene rings is 1. The van der Waals surface area contributed by atoms with Crippen LogP contribution in [0.2, 0.25) is 5.02 Å². The molecule has 0 bridgehead atoms. The zero-order valence-electron chi connectivity index (χ0n) is 13.6. The quantitative estimate of drug-likeness (QED) is 0.625. The Morgan fingerprint density at radius 2 is 2.23 bits per heavy atom. The van der Waals surface area contributed by atoms with Crippen molar-refractivity contribution in [1.82, 2.24) is 15.5 Å². The lowest BCUT2D eigenvalue weighted by atomic mass is 10.1. The average molecular weight is 323 g/mol. The molecule has 1 aliphatic heterocycles. The van der Waals surface area contributed by atoms with Crippen molar-refractivity contribution in [2.45, 2.75) is 26.8 Å². The number of halogens is 1.